The highest BCUT2D eigenvalue weighted by atomic mass is 32.2. The molecule has 2 unspecified atom stereocenters. The lowest BCUT2D eigenvalue weighted by Crippen LogP contribution is -2.60. The number of hydrogen-bond donors (Lipinski definition) is 0. The number of hydrogen-bond acceptors (Lipinski definition) is 5. The molecule has 0 bridgehead atoms. The topological polar surface area (TPSA) is 81.5 Å². The molecule has 7 heteroatoms. The molecular weight excluding hydrogens is 326 g/mol. The molecule has 128 valence electrons. The lowest BCUT2D eigenvalue weighted by atomic mass is 10.0. The molecule has 0 N–H and O–H groups in total. The van der Waals surface area contributed by atoms with Gasteiger partial charge in [0.05, 0.1) is 34.7 Å². The van der Waals surface area contributed by atoms with Crippen molar-refractivity contribution < 1.29 is 13.2 Å². The number of carbonyl (C=O) groups is 1. The maximum Gasteiger partial charge on any atom is 0.255 e. The van der Waals surface area contributed by atoms with E-state index in [4.69, 9.17) is 0 Å². The van der Waals surface area contributed by atoms with Crippen LogP contribution in [-0.2, 0) is 9.84 Å². The summed E-state index contributed by atoms with van der Waals surface area (Å²) in [6.07, 6.45) is 0.953. The van der Waals surface area contributed by atoms with E-state index in [1.54, 1.807) is 29.2 Å². The summed E-state index contributed by atoms with van der Waals surface area (Å²) >= 11 is 0. The van der Waals surface area contributed by atoms with Gasteiger partial charge >= 0.3 is 0 Å². The highest BCUT2D eigenvalue weighted by Crippen LogP contribution is 2.28. The summed E-state index contributed by atoms with van der Waals surface area (Å²) in [5.41, 5.74) is 0.683. The van der Waals surface area contributed by atoms with Gasteiger partial charge in [0.2, 0.25) is 0 Å². The molecule has 2 atom stereocenters. The Bertz CT molecular complexity index is 785. The van der Waals surface area contributed by atoms with Crippen molar-refractivity contribution in [3.05, 3.63) is 35.4 Å². The van der Waals surface area contributed by atoms with E-state index in [0.717, 1.165) is 13.0 Å². The molecule has 2 heterocycles. The van der Waals surface area contributed by atoms with Crippen molar-refractivity contribution in [1.29, 1.82) is 5.26 Å². The van der Waals surface area contributed by atoms with Crippen LogP contribution in [0.15, 0.2) is 24.3 Å². The third kappa shape index (κ3) is 3.04. The molecule has 1 aromatic carbocycles. The Morgan fingerprint density at radius 2 is 1.96 bits per heavy atom. The monoisotopic (exact) mass is 347 g/mol. The number of fused-ring (bicyclic) bond motifs is 1. The van der Waals surface area contributed by atoms with Crippen molar-refractivity contribution in [2.24, 2.45) is 0 Å². The summed E-state index contributed by atoms with van der Waals surface area (Å²) in [6, 6.07) is 8.28. The molecule has 2 aliphatic heterocycles. The van der Waals surface area contributed by atoms with E-state index in [0.29, 0.717) is 24.2 Å². The third-order valence-electron chi connectivity index (χ3n) is 4.84. The summed E-state index contributed by atoms with van der Waals surface area (Å²) in [7, 11) is -3.14. The SMILES string of the molecule is CCCN1CCN(C(=O)c2ccccc2C#N)C2CS(=O)(=O)CC21. The minimum atomic E-state index is -3.14. The van der Waals surface area contributed by atoms with E-state index in [2.05, 4.69) is 11.8 Å². The number of benzene rings is 1. The van der Waals surface area contributed by atoms with E-state index in [1.807, 2.05) is 6.07 Å². The number of piperazine rings is 1. The normalized spacial score (nSPS) is 25.9. The van der Waals surface area contributed by atoms with E-state index >= 15 is 0 Å². The first kappa shape index (κ1) is 16.9. The molecule has 0 radical (unpaired) electrons. The fraction of sp³-hybridized carbons (Fsp3) is 0.529. The fourth-order valence-electron chi connectivity index (χ4n) is 3.76. The minimum absolute atomic E-state index is 0.0122. The van der Waals surface area contributed by atoms with Gasteiger partial charge in [-0.25, -0.2) is 8.42 Å². The van der Waals surface area contributed by atoms with Crippen LogP contribution < -0.4 is 0 Å². The summed E-state index contributed by atoms with van der Waals surface area (Å²) in [6.45, 7) is 4.08. The first-order valence-electron chi connectivity index (χ1n) is 8.21. The van der Waals surface area contributed by atoms with E-state index in [-0.39, 0.29) is 29.5 Å². The first-order chi connectivity index (χ1) is 11.5. The fourth-order valence-corrected chi connectivity index (χ4v) is 5.78. The third-order valence-corrected chi connectivity index (χ3v) is 6.54. The minimum Gasteiger partial charge on any atom is -0.332 e. The predicted molar refractivity (Wildman–Crippen MR) is 90.3 cm³/mol. The zero-order chi connectivity index (χ0) is 17.3. The van der Waals surface area contributed by atoms with Gasteiger partial charge in [-0.2, -0.15) is 5.26 Å². The van der Waals surface area contributed by atoms with Crippen molar-refractivity contribution in [3.8, 4) is 6.07 Å². The van der Waals surface area contributed by atoms with Crippen molar-refractivity contribution in [2.75, 3.05) is 31.1 Å². The van der Waals surface area contributed by atoms with E-state index < -0.39 is 9.84 Å². The van der Waals surface area contributed by atoms with Crippen LogP contribution in [-0.4, -0.2) is 67.3 Å². The highest BCUT2D eigenvalue weighted by Gasteiger charge is 2.47. The van der Waals surface area contributed by atoms with Gasteiger partial charge < -0.3 is 4.90 Å². The Balaban J connectivity index is 1.92. The maximum absolute atomic E-state index is 13.0. The Kier molecular flexibility index (Phi) is 4.61. The molecule has 1 amide bonds. The van der Waals surface area contributed by atoms with Crippen LogP contribution in [0.2, 0.25) is 0 Å². The lowest BCUT2D eigenvalue weighted by molar-refractivity contribution is 0.0333. The Hall–Kier alpha value is -1.91. The first-order valence-corrected chi connectivity index (χ1v) is 10.0. The zero-order valence-corrected chi connectivity index (χ0v) is 14.5. The molecule has 2 fully saturated rings. The van der Waals surface area contributed by atoms with Crippen molar-refractivity contribution in [1.82, 2.24) is 9.80 Å². The van der Waals surface area contributed by atoms with Gasteiger partial charge in [-0.05, 0) is 25.1 Å². The zero-order valence-electron chi connectivity index (χ0n) is 13.7. The molecule has 0 saturated carbocycles. The number of sulfone groups is 1. The maximum atomic E-state index is 13.0. The average molecular weight is 347 g/mol. The summed E-state index contributed by atoms with van der Waals surface area (Å²) in [5, 5.41) is 9.22. The van der Waals surface area contributed by atoms with Gasteiger partial charge in [-0.3, -0.25) is 9.69 Å². The van der Waals surface area contributed by atoms with E-state index in [9.17, 15) is 18.5 Å². The average Bonchev–Trinajstić information content (AvgIpc) is 2.90. The lowest BCUT2D eigenvalue weighted by Gasteiger charge is -2.44. The number of amides is 1. The van der Waals surface area contributed by atoms with Crippen LogP contribution in [0, 0.1) is 11.3 Å². The molecule has 0 aromatic heterocycles. The molecule has 1 aromatic rings. The molecular formula is C17H21N3O3S. The molecule has 0 aliphatic carbocycles. The number of carbonyl (C=O) groups excluding carboxylic acids is 1. The second-order valence-electron chi connectivity index (χ2n) is 6.40. The van der Waals surface area contributed by atoms with Gasteiger partial charge in [0.1, 0.15) is 0 Å². The van der Waals surface area contributed by atoms with Crippen molar-refractivity contribution in [3.63, 3.8) is 0 Å². The van der Waals surface area contributed by atoms with Crippen LogP contribution in [0.3, 0.4) is 0 Å². The van der Waals surface area contributed by atoms with Gasteiger partial charge in [-0.1, -0.05) is 19.1 Å². The molecule has 6 nitrogen and oxygen atoms in total. The van der Waals surface area contributed by atoms with Gasteiger partial charge in [0, 0.05) is 19.1 Å². The Morgan fingerprint density at radius 1 is 1.25 bits per heavy atom. The summed E-state index contributed by atoms with van der Waals surface area (Å²) in [4.78, 5) is 16.8. The standard InChI is InChI=1S/C17H21N3O3S/c1-2-7-19-8-9-20(16-12-24(22,23)11-15(16)19)17(21)14-6-4-3-5-13(14)10-18/h3-6,15-16H,2,7-9,11-12H2,1H3. The highest BCUT2D eigenvalue weighted by molar-refractivity contribution is 7.91. The van der Waals surface area contributed by atoms with E-state index in [1.165, 1.54) is 0 Å². The largest absolute Gasteiger partial charge is 0.332 e. The number of nitrogens with zero attached hydrogens (tertiary/aromatic N) is 3. The predicted octanol–water partition coefficient (Wildman–Crippen LogP) is 0.892. The summed E-state index contributed by atoms with van der Waals surface area (Å²) < 4.78 is 24.3. The quantitative estimate of drug-likeness (QED) is 0.811. The summed E-state index contributed by atoms with van der Waals surface area (Å²) in [5.74, 6) is -0.116. The molecule has 2 saturated heterocycles. The van der Waals surface area contributed by atoms with Crippen LogP contribution in [0.4, 0.5) is 0 Å². The van der Waals surface area contributed by atoms with Crippen molar-refractivity contribution >= 4 is 15.7 Å². The van der Waals surface area contributed by atoms with Gasteiger partial charge in [-0.15, -0.1) is 0 Å². The van der Waals surface area contributed by atoms with Gasteiger partial charge in [0.15, 0.2) is 9.84 Å². The number of nitriles is 1. The van der Waals surface area contributed by atoms with Crippen LogP contribution in [0.1, 0.15) is 29.3 Å². The van der Waals surface area contributed by atoms with Crippen LogP contribution in [0.25, 0.3) is 0 Å². The molecule has 3 rings (SSSR count). The molecule has 2 aliphatic rings. The van der Waals surface area contributed by atoms with Gasteiger partial charge in [0.25, 0.3) is 5.91 Å². The second kappa shape index (κ2) is 6.54. The smallest absolute Gasteiger partial charge is 0.255 e. The Morgan fingerprint density at radius 3 is 2.67 bits per heavy atom. The van der Waals surface area contributed by atoms with Crippen LogP contribution in [0.5, 0.6) is 0 Å². The van der Waals surface area contributed by atoms with Crippen LogP contribution >= 0.6 is 0 Å². The number of rotatable bonds is 3. The molecule has 0 spiro atoms. The second-order valence-corrected chi connectivity index (χ2v) is 8.56. The van der Waals surface area contributed by atoms with Crippen molar-refractivity contribution in [2.45, 2.75) is 25.4 Å². The molecule has 24 heavy (non-hydrogen) atoms. The Labute approximate surface area is 142 Å².